The van der Waals surface area contributed by atoms with Gasteiger partial charge in [-0.1, -0.05) is 0 Å². The van der Waals surface area contributed by atoms with Crippen molar-refractivity contribution in [2.24, 2.45) is 0 Å². The summed E-state index contributed by atoms with van der Waals surface area (Å²) in [6.45, 7) is 4.51. The van der Waals surface area contributed by atoms with Crippen LogP contribution in [0.5, 0.6) is 0 Å². The van der Waals surface area contributed by atoms with Crippen molar-refractivity contribution in [2.45, 2.75) is 38.8 Å². The summed E-state index contributed by atoms with van der Waals surface area (Å²) in [4.78, 5) is 22.3. The summed E-state index contributed by atoms with van der Waals surface area (Å²) < 4.78 is 5.17. The summed E-state index contributed by atoms with van der Waals surface area (Å²) in [7, 11) is 0. The molecule has 1 unspecified atom stereocenters. The van der Waals surface area contributed by atoms with Crippen molar-refractivity contribution < 1.29 is 14.3 Å². The van der Waals surface area contributed by atoms with E-state index >= 15 is 0 Å². The number of Topliss-reactive ketones (excluding diaryl/α,β-unsaturated/α-hetero) is 1. The molecule has 1 rings (SSSR count). The van der Waals surface area contributed by atoms with Crippen molar-refractivity contribution in [1.82, 2.24) is 10.6 Å². The Labute approximate surface area is 89.6 Å². The Bertz CT molecular complexity index is 237. The molecule has 0 aliphatic carbocycles. The average molecular weight is 214 g/mol. The highest BCUT2D eigenvalue weighted by atomic mass is 16.5. The molecule has 15 heavy (non-hydrogen) atoms. The Morgan fingerprint density at radius 1 is 1.33 bits per heavy atom. The molecule has 5 nitrogen and oxygen atoms in total. The SMILES string of the molecule is CC(=O)C(C)NC(=O)NC1CCOCC1. The number of nitrogens with one attached hydrogen (secondary N) is 2. The number of hydrogen-bond acceptors (Lipinski definition) is 3. The van der Waals surface area contributed by atoms with Gasteiger partial charge < -0.3 is 15.4 Å². The van der Waals surface area contributed by atoms with Crippen molar-refractivity contribution in [1.29, 1.82) is 0 Å². The summed E-state index contributed by atoms with van der Waals surface area (Å²) in [6, 6.07) is -0.535. The molecule has 1 atom stereocenters. The van der Waals surface area contributed by atoms with Crippen molar-refractivity contribution in [3.8, 4) is 0 Å². The number of urea groups is 1. The fraction of sp³-hybridized carbons (Fsp3) is 0.800. The topological polar surface area (TPSA) is 67.4 Å². The Morgan fingerprint density at radius 2 is 1.93 bits per heavy atom. The number of amides is 2. The molecule has 0 spiro atoms. The molecule has 0 bridgehead atoms. The lowest BCUT2D eigenvalue weighted by Crippen LogP contribution is -2.48. The van der Waals surface area contributed by atoms with Gasteiger partial charge in [0.2, 0.25) is 0 Å². The molecule has 1 heterocycles. The second-order valence-electron chi connectivity index (χ2n) is 3.84. The predicted octanol–water partition coefficient (Wildman–Crippen LogP) is 0.442. The van der Waals surface area contributed by atoms with Crippen molar-refractivity contribution in [2.75, 3.05) is 13.2 Å². The van der Waals surface area contributed by atoms with Crippen LogP contribution >= 0.6 is 0 Å². The van der Waals surface area contributed by atoms with Crippen LogP contribution < -0.4 is 10.6 Å². The van der Waals surface area contributed by atoms with Crippen molar-refractivity contribution >= 4 is 11.8 Å². The van der Waals surface area contributed by atoms with Gasteiger partial charge in [0.25, 0.3) is 0 Å². The zero-order valence-corrected chi connectivity index (χ0v) is 9.21. The van der Waals surface area contributed by atoms with E-state index in [0.717, 1.165) is 12.8 Å². The van der Waals surface area contributed by atoms with E-state index in [-0.39, 0.29) is 17.9 Å². The van der Waals surface area contributed by atoms with Gasteiger partial charge >= 0.3 is 6.03 Å². The molecular weight excluding hydrogens is 196 g/mol. The van der Waals surface area contributed by atoms with Gasteiger partial charge in [-0.05, 0) is 26.7 Å². The van der Waals surface area contributed by atoms with E-state index in [4.69, 9.17) is 4.74 Å². The Balaban J connectivity index is 2.25. The Kier molecular flexibility index (Phi) is 4.55. The molecule has 1 aliphatic rings. The van der Waals surface area contributed by atoms with Crippen molar-refractivity contribution in [3.63, 3.8) is 0 Å². The molecule has 1 fully saturated rings. The highest BCUT2D eigenvalue weighted by molar-refractivity contribution is 5.86. The smallest absolute Gasteiger partial charge is 0.315 e. The van der Waals surface area contributed by atoms with E-state index < -0.39 is 6.04 Å². The van der Waals surface area contributed by atoms with E-state index in [1.54, 1.807) is 6.92 Å². The molecule has 0 radical (unpaired) electrons. The van der Waals surface area contributed by atoms with Crippen LogP contribution in [0, 0.1) is 0 Å². The molecule has 86 valence electrons. The van der Waals surface area contributed by atoms with Crippen LogP contribution in [-0.4, -0.2) is 37.1 Å². The lowest BCUT2D eigenvalue weighted by atomic mass is 10.1. The second kappa shape index (κ2) is 5.70. The van der Waals surface area contributed by atoms with Crippen LogP contribution in [0.2, 0.25) is 0 Å². The first-order chi connectivity index (χ1) is 7.09. The minimum atomic E-state index is -0.426. The maximum atomic E-state index is 11.4. The zero-order chi connectivity index (χ0) is 11.3. The van der Waals surface area contributed by atoms with E-state index in [1.807, 2.05) is 0 Å². The fourth-order valence-corrected chi connectivity index (χ4v) is 1.37. The lowest BCUT2D eigenvalue weighted by Gasteiger charge is -2.23. The minimum absolute atomic E-state index is 0.0443. The molecule has 2 N–H and O–H groups in total. The quantitative estimate of drug-likeness (QED) is 0.716. The number of ether oxygens (including phenoxy) is 1. The van der Waals surface area contributed by atoms with Crippen LogP contribution in [-0.2, 0) is 9.53 Å². The number of carbonyl (C=O) groups is 2. The molecule has 0 aromatic heterocycles. The van der Waals surface area contributed by atoms with Gasteiger partial charge in [-0.2, -0.15) is 0 Å². The Hall–Kier alpha value is -1.10. The molecule has 5 heteroatoms. The molecule has 1 saturated heterocycles. The van der Waals surface area contributed by atoms with Gasteiger partial charge in [-0.15, -0.1) is 0 Å². The average Bonchev–Trinajstić information content (AvgIpc) is 2.18. The fourth-order valence-electron chi connectivity index (χ4n) is 1.37. The van der Waals surface area contributed by atoms with Gasteiger partial charge in [0.15, 0.2) is 5.78 Å². The van der Waals surface area contributed by atoms with Gasteiger partial charge in [-0.3, -0.25) is 4.79 Å². The second-order valence-corrected chi connectivity index (χ2v) is 3.84. The van der Waals surface area contributed by atoms with Gasteiger partial charge in [0.1, 0.15) is 0 Å². The first kappa shape index (κ1) is 12.0. The van der Waals surface area contributed by atoms with Crippen LogP contribution in [0.25, 0.3) is 0 Å². The largest absolute Gasteiger partial charge is 0.381 e. The zero-order valence-electron chi connectivity index (χ0n) is 9.21. The van der Waals surface area contributed by atoms with E-state index in [9.17, 15) is 9.59 Å². The van der Waals surface area contributed by atoms with Crippen LogP contribution in [0.15, 0.2) is 0 Å². The van der Waals surface area contributed by atoms with Crippen LogP contribution in [0.1, 0.15) is 26.7 Å². The molecule has 0 aromatic rings. The summed E-state index contributed by atoms with van der Waals surface area (Å²) in [5, 5.41) is 5.41. The molecule has 0 saturated carbocycles. The number of rotatable bonds is 3. The predicted molar refractivity (Wildman–Crippen MR) is 55.7 cm³/mol. The Morgan fingerprint density at radius 3 is 2.47 bits per heavy atom. The van der Waals surface area contributed by atoms with Crippen LogP contribution in [0.4, 0.5) is 4.79 Å². The third-order valence-corrected chi connectivity index (χ3v) is 2.51. The maximum Gasteiger partial charge on any atom is 0.315 e. The summed E-state index contributed by atoms with van der Waals surface area (Å²) >= 11 is 0. The third-order valence-electron chi connectivity index (χ3n) is 2.51. The maximum absolute atomic E-state index is 11.4. The standard InChI is InChI=1S/C10H18N2O3/c1-7(8(2)13)11-10(14)12-9-3-5-15-6-4-9/h7,9H,3-6H2,1-2H3,(H2,11,12,14). The van der Waals surface area contributed by atoms with Crippen molar-refractivity contribution in [3.05, 3.63) is 0 Å². The van der Waals surface area contributed by atoms with Gasteiger partial charge in [0, 0.05) is 19.3 Å². The summed E-state index contributed by atoms with van der Waals surface area (Å²) in [6.07, 6.45) is 1.67. The highest BCUT2D eigenvalue weighted by Gasteiger charge is 2.17. The number of carbonyl (C=O) groups excluding carboxylic acids is 2. The number of ketones is 1. The number of hydrogen-bond donors (Lipinski definition) is 2. The van der Waals surface area contributed by atoms with Gasteiger partial charge in [0.05, 0.1) is 6.04 Å². The first-order valence-electron chi connectivity index (χ1n) is 5.25. The molecule has 0 aromatic carbocycles. The van der Waals surface area contributed by atoms with E-state index in [1.165, 1.54) is 6.92 Å². The van der Waals surface area contributed by atoms with Crippen LogP contribution in [0.3, 0.4) is 0 Å². The first-order valence-corrected chi connectivity index (χ1v) is 5.25. The summed E-state index contributed by atoms with van der Waals surface area (Å²) in [5.74, 6) is -0.0443. The minimum Gasteiger partial charge on any atom is -0.381 e. The van der Waals surface area contributed by atoms with E-state index in [0.29, 0.717) is 13.2 Å². The summed E-state index contributed by atoms with van der Waals surface area (Å²) in [5.41, 5.74) is 0. The third kappa shape index (κ3) is 4.29. The monoisotopic (exact) mass is 214 g/mol. The normalized spacial score (nSPS) is 19.3. The lowest BCUT2D eigenvalue weighted by molar-refractivity contribution is -0.118. The molecule has 2 amide bonds. The highest BCUT2D eigenvalue weighted by Crippen LogP contribution is 2.05. The van der Waals surface area contributed by atoms with E-state index in [2.05, 4.69) is 10.6 Å². The van der Waals surface area contributed by atoms with Gasteiger partial charge in [-0.25, -0.2) is 4.79 Å². The molecular formula is C10H18N2O3. The molecule has 1 aliphatic heterocycles.